The van der Waals surface area contributed by atoms with E-state index in [0.717, 1.165) is 12.8 Å². The summed E-state index contributed by atoms with van der Waals surface area (Å²) < 4.78 is 10.7. The number of ether oxygens (including phenoxy) is 2. The predicted octanol–water partition coefficient (Wildman–Crippen LogP) is 4.17. The zero-order chi connectivity index (χ0) is 22.4. The highest BCUT2D eigenvalue weighted by Crippen LogP contribution is 2.47. The monoisotopic (exact) mass is 430 g/mol. The standard InChI is InChI=1S/C26H26N2O4/c1-31-23-9-5-8-21(16-23)28-24(29)17-32-22-12-10-19(11-13-22)25(30)27-18-26(14-15-26)20-6-3-2-4-7-20/h2-13,16H,14-15,17-18H2,1H3,(H,27,30)(H,28,29). The molecule has 0 radical (unpaired) electrons. The van der Waals surface area contributed by atoms with Gasteiger partial charge in [0.2, 0.25) is 0 Å². The topological polar surface area (TPSA) is 76.7 Å². The Kier molecular flexibility index (Phi) is 6.40. The fourth-order valence-corrected chi connectivity index (χ4v) is 3.61. The van der Waals surface area contributed by atoms with Gasteiger partial charge in [0.1, 0.15) is 11.5 Å². The average Bonchev–Trinajstić information content (AvgIpc) is 3.63. The lowest BCUT2D eigenvalue weighted by molar-refractivity contribution is -0.118. The molecule has 2 N–H and O–H groups in total. The molecule has 1 aliphatic carbocycles. The summed E-state index contributed by atoms with van der Waals surface area (Å²) >= 11 is 0. The second kappa shape index (κ2) is 9.56. The van der Waals surface area contributed by atoms with Crippen LogP contribution in [0.15, 0.2) is 78.9 Å². The number of hydrogen-bond donors (Lipinski definition) is 2. The van der Waals surface area contributed by atoms with Gasteiger partial charge in [0.05, 0.1) is 7.11 Å². The molecule has 3 aromatic rings. The molecule has 1 saturated carbocycles. The quantitative estimate of drug-likeness (QED) is 0.534. The maximum absolute atomic E-state index is 12.6. The molecule has 6 nitrogen and oxygen atoms in total. The van der Waals surface area contributed by atoms with Crippen LogP contribution in [0.1, 0.15) is 28.8 Å². The van der Waals surface area contributed by atoms with E-state index in [0.29, 0.717) is 29.3 Å². The normalized spacial score (nSPS) is 13.7. The van der Waals surface area contributed by atoms with E-state index < -0.39 is 0 Å². The van der Waals surface area contributed by atoms with Gasteiger partial charge in [-0.1, -0.05) is 36.4 Å². The molecular formula is C26H26N2O4. The van der Waals surface area contributed by atoms with Crippen molar-refractivity contribution < 1.29 is 19.1 Å². The summed E-state index contributed by atoms with van der Waals surface area (Å²) in [4.78, 5) is 24.7. The molecule has 0 unspecified atom stereocenters. The summed E-state index contributed by atoms with van der Waals surface area (Å²) in [5, 5.41) is 5.81. The van der Waals surface area contributed by atoms with Crippen LogP contribution in [0.3, 0.4) is 0 Å². The summed E-state index contributed by atoms with van der Waals surface area (Å²) in [6, 6.07) is 24.2. The van der Waals surface area contributed by atoms with Gasteiger partial charge >= 0.3 is 0 Å². The molecule has 0 spiro atoms. The van der Waals surface area contributed by atoms with Gasteiger partial charge in [0.15, 0.2) is 6.61 Å². The number of nitrogens with one attached hydrogen (secondary N) is 2. The molecule has 6 heteroatoms. The molecule has 0 aromatic heterocycles. The van der Waals surface area contributed by atoms with Crippen molar-refractivity contribution >= 4 is 17.5 Å². The van der Waals surface area contributed by atoms with Crippen molar-refractivity contribution in [2.75, 3.05) is 25.6 Å². The zero-order valence-electron chi connectivity index (χ0n) is 18.0. The lowest BCUT2D eigenvalue weighted by Crippen LogP contribution is -2.32. The van der Waals surface area contributed by atoms with Gasteiger partial charge in [-0.25, -0.2) is 0 Å². The van der Waals surface area contributed by atoms with Crippen LogP contribution in [0.25, 0.3) is 0 Å². The van der Waals surface area contributed by atoms with Crippen LogP contribution in [0.4, 0.5) is 5.69 Å². The lowest BCUT2D eigenvalue weighted by Gasteiger charge is -2.16. The first kappa shape index (κ1) is 21.4. The van der Waals surface area contributed by atoms with Crippen molar-refractivity contribution in [1.29, 1.82) is 0 Å². The first-order chi connectivity index (χ1) is 15.6. The summed E-state index contributed by atoms with van der Waals surface area (Å²) in [7, 11) is 1.57. The van der Waals surface area contributed by atoms with E-state index in [2.05, 4.69) is 22.8 Å². The molecule has 4 rings (SSSR count). The van der Waals surface area contributed by atoms with Crippen LogP contribution in [0.2, 0.25) is 0 Å². The Balaban J connectivity index is 1.25. The van der Waals surface area contributed by atoms with E-state index >= 15 is 0 Å². The third kappa shape index (κ3) is 5.27. The Labute approximate surface area is 187 Å². The number of carbonyl (C=O) groups excluding carboxylic acids is 2. The smallest absolute Gasteiger partial charge is 0.262 e. The van der Waals surface area contributed by atoms with E-state index in [1.54, 1.807) is 55.6 Å². The van der Waals surface area contributed by atoms with Crippen LogP contribution < -0.4 is 20.1 Å². The number of hydrogen-bond acceptors (Lipinski definition) is 4. The van der Waals surface area contributed by atoms with Gasteiger partial charge < -0.3 is 20.1 Å². The van der Waals surface area contributed by atoms with Crippen molar-refractivity contribution in [3.05, 3.63) is 90.0 Å². The number of carbonyl (C=O) groups is 2. The summed E-state index contributed by atoms with van der Waals surface area (Å²) in [5.74, 6) is 0.782. The minimum Gasteiger partial charge on any atom is -0.497 e. The molecule has 32 heavy (non-hydrogen) atoms. The fourth-order valence-electron chi connectivity index (χ4n) is 3.61. The van der Waals surface area contributed by atoms with Gasteiger partial charge in [-0.2, -0.15) is 0 Å². The highest BCUT2D eigenvalue weighted by molar-refractivity contribution is 5.94. The summed E-state index contributed by atoms with van der Waals surface area (Å²) in [5.41, 5.74) is 2.53. The van der Waals surface area contributed by atoms with Crippen LogP contribution in [-0.4, -0.2) is 32.1 Å². The number of methoxy groups -OCH3 is 1. The molecule has 0 bridgehead atoms. The average molecular weight is 431 g/mol. The molecule has 1 aliphatic rings. The molecule has 0 atom stereocenters. The highest BCUT2D eigenvalue weighted by Gasteiger charge is 2.44. The predicted molar refractivity (Wildman–Crippen MR) is 123 cm³/mol. The van der Waals surface area contributed by atoms with Gasteiger partial charge in [0, 0.05) is 29.3 Å². The number of anilines is 1. The summed E-state index contributed by atoms with van der Waals surface area (Å²) in [6.45, 7) is 0.487. The largest absolute Gasteiger partial charge is 0.497 e. The lowest BCUT2D eigenvalue weighted by atomic mass is 9.96. The van der Waals surface area contributed by atoms with Gasteiger partial charge in [0.25, 0.3) is 11.8 Å². The second-order valence-electron chi connectivity index (χ2n) is 7.92. The van der Waals surface area contributed by atoms with Gasteiger partial charge in [-0.3, -0.25) is 9.59 Å². The third-order valence-electron chi connectivity index (χ3n) is 5.67. The molecule has 2 amide bonds. The molecular weight excluding hydrogens is 404 g/mol. The minimum absolute atomic E-state index is 0.0656. The van der Waals surface area contributed by atoms with E-state index in [1.807, 2.05) is 18.2 Å². The van der Waals surface area contributed by atoms with Crippen LogP contribution in [0, 0.1) is 0 Å². The molecule has 164 valence electrons. The molecule has 0 heterocycles. The zero-order valence-corrected chi connectivity index (χ0v) is 18.0. The Hall–Kier alpha value is -3.80. The highest BCUT2D eigenvalue weighted by atomic mass is 16.5. The van der Waals surface area contributed by atoms with Crippen LogP contribution in [0.5, 0.6) is 11.5 Å². The SMILES string of the molecule is COc1cccc(NC(=O)COc2ccc(C(=O)NCC3(c4ccccc4)CC3)cc2)c1. The maximum atomic E-state index is 12.6. The molecule has 3 aromatic carbocycles. The maximum Gasteiger partial charge on any atom is 0.262 e. The molecule has 0 aliphatic heterocycles. The van der Waals surface area contributed by atoms with Gasteiger partial charge in [-0.15, -0.1) is 0 Å². The molecule has 1 fully saturated rings. The third-order valence-corrected chi connectivity index (χ3v) is 5.67. The second-order valence-corrected chi connectivity index (χ2v) is 7.92. The Bertz CT molecular complexity index is 1080. The first-order valence-corrected chi connectivity index (χ1v) is 10.6. The number of amides is 2. The van der Waals surface area contributed by atoms with Crippen molar-refractivity contribution in [2.45, 2.75) is 18.3 Å². The van der Waals surface area contributed by atoms with E-state index in [9.17, 15) is 9.59 Å². The van der Waals surface area contributed by atoms with E-state index in [4.69, 9.17) is 9.47 Å². The van der Waals surface area contributed by atoms with Gasteiger partial charge in [-0.05, 0) is 54.8 Å². The fraction of sp³-hybridized carbons (Fsp3) is 0.231. The van der Waals surface area contributed by atoms with Crippen molar-refractivity contribution in [1.82, 2.24) is 5.32 Å². The van der Waals surface area contributed by atoms with Crippen molar-refractivity contribution in [3.8, 4) is 11.5 Å². The molecule has 0 saturated heterocycles. The minimum atomic E-state index is -0.282. The van der Waals surface area contributed by atoms with E-state index in [-0.39, 0.29) is 23.8 Å². The van der Waals surface area contributed by atoms with Crippen molar-refractivity contribution in [3.63, 3.8) is 0 Å². The first-order valence-electron chi connectivity index (χ1n) is 10.6. The van der Waals surface area contributed by atoms with Crippen molar-refractivity contribution in [2.24, 2.45) is 0 Å². The van der Waals surface area contributed by atoms with Crippen LogP contribution in [-0.2, 0) is 10.2 Å². The number of rotatable bonds is 9. The number of benzene rings is 3. The van der Waals surface area contributed by atoms with E-state index in [1.165, 1.54) is 5.56 Å². The Morgan fingerprint density at radius 1 is 0.906 bits per heavy atom. The Morgan fingerprint density at radius 3 is 2.34 bits per heavy atom. The van der Waals surface area contributed by atoms with Crippen LogP contribution >= 0.6 is 0 Å². The summed E-state index contributed by atoms with van der Waals surface area (Å²) in [6.07, 6.45) is 2.17. The Morgan fingerprint density at radius 2 is 1.66 bits per heavy atom.